The molecule has 0 aliphatic heterocycles. The lowest BCUT2D eigenvalue weighted by atomic mass is 10.0. The van der Waals surface area contributed by atoms with Crippen molar-refractivity contribution in [2.24, 2.45) is 0 Å². The molecule has 0 spiro atoms. The van der Waals surface area contributed by atoms with Gasteiger partial charge in [0.1, 0.15) is 19.3 Å². The maximum absolute atomic E-state index is 13.5. The smallest absolute Gasteiger partial charge is 0.456 e. The van der Waals surface area contributed by atoms with Crippen LogP contribution in [0, 0.1) is 0 Å². The van der Waals surface area contributed by atoms with E-state index in [9.17, 15) is 19.0 Å². The standard InChI is InChI=1S/C66H127N2O7P/c1-7-10-13-16-19-22-25-28-30-31-32-33-34-35-36-37-39-41-44-47-50-53-56-59-66(70)75-64(57-54-51-48-45-42-27-24-21-18-15-12-9-3)63(62-74-76(71,72)73-61-60-68(4,5)6)67-65(69)58-55-52-49-46-43-40-38-29-26-23-20-17-14-11-8-2/h19,22,28,30,54,57,63-64H,7-18,20-21,23-27,29,31-53,55-56,58-62H2,1-6H3,(H-,67,69,71,72)/p+1/b22-19-,30-28-,57-54+. The van der Waals surface area contributed by atoms with Crippen LogP contribution in [-0.4, -0.2) is 74.3 Å². The van der Waals surface area contributed by atoms with Crippen LogP contribution in [0.25, 0.3) is 0 Å². The van der Waals surface area contributed by atoms with Crippen LogP contribution < -0.4 is 5.32 Å². The van der Waals surface area contributed by atoms with Gasteiger partial charge in [-0.15, -0.1) is 0 Å². The van der Waals surface area contributed by atoms with Crippen molar-refractivity contribution in [2.75, 3.05) is 40.9 Å². The van der Waals surface area contributed by atoms with Crippen molar-refractivity contribution in [3.05, 3.63) is 36.5 Å². The van der Waals surface area contributed by atoms with Gasteiger partial charge in [-0.05, 0) is 63.9 Å². The molecule has 76 heavy (non-hydrogen) atoms. The molecule has 0 aromatic rings. The number of phosphoric ester groups is 1. The van der Waals surface area contributed by atoms with Gasteiger partial charge in [0.05, 0.1) is 33.8 Å². The van der Waals surface area contributed by atoms with Crippen molar-refractivity contribution in [1.29, 1.82) is 0 Å². The molecule has 0 aliphatic carbocycles. The zero-order valence-electron chi connectivity index (χ0n) is 51.3. The number of esters is 1. The summed E-state index contributed by atoms with van der Waals surface area (Å²) in [6, 6.07) is -0.843. The number of rotatable bonds is 60. The van der Waals surface area contributed by atoms with Crippen LogP contribution >= 0.6 is 7.82 Å². The van der Waals surface area contributed by atoms with Crippen molar-refractivity contribution in [1.82, 2.24) is 5.32 Å². The summed E-state index contributed by atoms with van der Waals surface area (Å²) in [5.41, 5.74) is 0. The molecule has 0 rings (SSSR count). The number of quaternary nitrogens is 1. The Morgan fingerprint density at radius 3 is 1.21 bits per heavy atom. The molecule has 0 heterocycles. The van der Waals surface area contributed by atoms with Gasteiger partial charge >= 0.3 is 13.8 Å². The van der Waals surface area contributed by atoms with Gasteiger partial charge in [-0.1, -0.05) is 282 Å². The van der Waals surface area contributed by atoms with Crippen molar-refractivity contribution < 1.29 is 37.3 Å². The fourth-order valence-corrected chi connectivity index (χ4v) is 10.5. The van der Waals surface area contributed by atoms with E-state index in [0.29, 0.717) is 23.9 Å². The maximum Gasteiger partial charge on any atom is 0.472 e. The Morgan fingerprint density at radius 2 is 0.803 bits per heavy atom. The first-order chi connectivity index (χ1) is 36.9. The number of likely N-dealkylation sites (N-methyl/N-ethyl adjacent to an activating group) is 1. The zero-order valence-corrected chi connectivity index (χ0v) is 52.2. The first kappa shape index (κ1) is 74.2. The summed E-state index contributed by atoms with van der Waals surface area (Å²) in [4.78, 5) is 37.7. The van der Waals surface area contributed by atoms with Crippen molar-refractivity contribution in [2.45, 2.75) is 335 Å². The number of carbonyl (C=O) groups excluding carboxylic acids is 2. The Morgan fingerprint density at radius 1 is 0.461 bits per heavy atom. The maximum atomic E-state index is 13.5. The van der Waals surface area contributed by atoms with Crippen LogP contribution in [0.15, 0.2) is 36.5 Å². The molecular formula is C66H128N2O7P+. The predicted octanol–water partition coefficient (Wildman–Crippen LogP) is 20.3. The number of hydrogen-bond acceptors (Lipinski definition) is 6. The number of nitrogens with one attached hydrogen (secondary N) is 1. The largest absolute Gasteiger partial charge is 0.472 e. The summed E-state index contributed by atoms with van der Waals surface area (Å²) >= 11 is 0. The van der Waals surface area contributed by atoms with E-state index in [-0.39, 0.29) is 25.1 Å². The number of ether oxygens (including phenoxy) is 1. The minimum Gasteiger partial charge on any atom is -0.456 e. The molecular weight excluding hydrogens is 964 g/mol. The van der Waals surface area contributed by atoms with Gasteiger partial charge in [0.25, 0.3) is 0 Å². The first-order valence-corrected chi connectivity index (χ1v) is 34.3. The van der Waals surface area contributed by atoms with E-state index in [4.69, 9.17) is 13.8 Å². The van der Waals surface area contributed by atoms with E-state index >= 15 is 0 Å². The molecule has 0 saturated carbocycles. The number of carbonyl (C=O) groups is 2. The Balaban J connectivity index is 5.11. The highest BCUT2D eigenvalue weighted by molar-refractivity contribution is 7.47. The SMILES string of the molecule is CCCCC/C=C\C/C=C\CCCCCCCCCCCCCCCC(=O)OC(/C=C/CCCCCCCCCCCC)C(COP(=O)(O)OCC[N+](C)(C)C)NC(=O)CCCCCCCCCCCCCCCCC. The third kappa shape index (κ3) is 56.9. The molecule has 448 valence electrons. The average molecular weight is 1090 g/mol. The number of allylic oxidation sites excluding steroid dienone is 5. The van der Waals surface area contributed by atoms with Gasteiger partial charge < -0.3 is 19.4 Å². The second kappa shape index (κ2) is 56.5. The number of phosphoric acid groups is 1. The molecule has 0 aromatic heterocycles. The fraction of sp³-hybridized carbons (Fsp3) is 0.879. The molecule has 2 N–H and O–H groups in total. The molecule has 1 amide bonds. The van der Waals surface area contributed by atoms with Crippen LogP contribution in [0.4, 0.5) is 0 Å². The van der Waals surface area contributed by atoms with Gasteiger partial charge in [-0.25, -0.2) is 4.57 Å². The molecule has 3 atom stereocenters. The number of amides is 1. The summed E-state index contributed by atoms with van der Waals surface area (Å²) < 4.78 is 30.7. The van der Waals surface area contributed by atoms with E-state index in [2.05, 4.69) is 50.4 Å². The second-order valence-corrected chi connectivity index (χ2v) is 25.1. The van der Waals surface area contributed by atoms with E-state index in [1.54, 1.807) is 0 Å². The van der Waals surface area contributed by atoms with Crippen molar-refractivity contribution in [3.8, 4) is 0 Å². The lowest BCUT2D eigenvalue weighted by Crippen LogP contribution is -2.47. The quantitative estimate of drug-likeness (QED) is 0.0205. The molecule has 9 nitrogen and oxygen atoms in total. The lowest BCUT2D eigenvalue weighted by molar-refractivity contribution is -0.870. The van der Waals surface area contributed by atoms with Gasteiger partial charge in [-0.2, -0.15) is 0 Å². The van der Waals surface area contributed by atoms with E-state index in [1.807, 2.05) is 33.3 Å². The van der Waals surface area contributed by atoms with Gasteiger partial charge in [0.2, 0.25) is 5.91 Å². The fourth-order valence-electron chi connectivity index (χ4n) is 9.74. The molecule has 0 radical (unpaired) electrons. The first-order valence-electron chi connectivity index (χ1n) is 32.8. The second-order valence-electron chi connectivity index (χ2n) is 23.6. The molecule has 10 heteroatoms. The monoisotopic (exact) mass is 1090 g/mol. The minimum absolute atomic E-state index is 0.0431. The predicted molar refractivity (Wildman–Crippen MR) is 328 cm³/mol. The van der Waals surface area contributed by atoms with Gasteiger partial charge in [0.15, 0.2) is 0 Å². The highest BCUT2D eigenvalue weighted by atomic mass is 31.2. The van der Waals surface area contributed by atoms with Crippen molar-refractivity contribution >= 4 is 19.7 Å². The lowest BCUT2D eigenvalue weighted by Gasteiger charge is -2.27. The van der Waals surface area contributed by atoms with Gasteiger partial charge in [-0.3, -0.25) is 18.6 Å². The average Bonchev–Trinajstić information content (AvgIpc) is 3.38. The topological polar surface area (TPSA) is 111 Å². The minimum atomic E-state index is -4.44. The summed E-state index contributed by atoms with van der Waals surface area (Å²) in [5.74, 6) is -0.490. The van der Waals surface area contributed by atoms with E-state index < -0.39 is 20.0 Å². The molecule has 0 bridgehead atoms. The highest BCUT2D eigenvalue weighted by Crippen LogP contribution is 2.43. The van der Waals surface area contributed by atoms with E-state index in [0.717, 1.165) is 64.2 Å². The van der Waals surface area contributed by atoms with Crippen LogP contribution in [0.2, 0.25) is 0 Å². The Hall–Kier alpha value is -1.77. The summed E-state index contributed by atoms with van der Waals surface area (Å²) in [7, 11) is 1.51. The van der Waals surface area contributed by atoms with Gasteiger partial charge in [0, 0.05) is 12.8 Å². The van der Waals surface area contributed by atoms with Crippen LogP contribution in [0.1, 0.15) is 323 Å². The third-order valence-corrected chi connectivity index (χ3v) is 15.8. The number of nitrogens with zero attached hydrogens (tertiary/aromatic N) is 1. The summed E-state index contributed by atoms with van der Waals surface area (Å²) in [5, 5.41) is 3.07. The Kier molecular flexibility index (Phi) is 55.2. The highest BCUT2D eigenvalue weighted by Gasteiger charge is 2.30. The molecule has 0 saturated heterocycles. The summed E-state index contributed by atoms with van der Waals surface area (Å²) in [6.07, 6.45) is 68.5. The van der Waals surface area contributed by atoms with Crippen LogP contribution in [-0.2, 0) is 27.9 Å². The Bertz CT molecular complexity index is 1400. The number of hydrogen-bond donors (Lipinski definition) is 2. The Labute approximate surface area is 472 Å². The molecule has 0 aliphatic rings. The zero-order chi connectivity index (χ0) is 55.7. The van der Waals surface area contributed by atoms with E-state index in [1.165, 1.54) is 225 Å². The third-order valence-electron chi connectivity index (χ3n) is 14.8. The van der Waals surface area contributed by atoms with Crippen LogP contribution in [0.3, 0.4) is 0 Å². The summed E-state index contributed by atoms with van der Waals surface area (Å²) in [6.45, 7) is 7.03. The molecule has 0 fully saturated rings. The normalized spacial score (nSPS) is 13.8. The molecule has 3 unspecified atom stereocenters. The van der Waals surface area contributed by atoms with Crippen molar-refractivity contribution in [3.63, 3.8) is 0 Å². The molecule has 0 aromatic carbocycles. The number of unbranched alkanes of at least 4 members (excludes halogenated alkanes) is 40. The van der Waals surface area contributed by atoms with Crippen LogP contribution in [0.5, 0.6) is 0 Å².